The van der Waals surface area contributed by atoms with E-state index < -0.39 is 0 Å². The molecule has 7 heteroatoms. The van der Waals surface area contributed by atoms with Crippen molar-refractivity contribution >= 4 is 23.5 Å². The fourth-order valence-electron chi connectivity index (χ4n) is 2.92. The van der Waals surface area contributed by atoms with Gasteiger partial charge in [0, 0.05) is 18.0 Å². The molecule has 1 N–H and O–H groups in total. The SMILES string of the molecule is CSc1cccc(C)c1NC(=O)N1CCCC(n2cncn2)C1. The van der Waals surface area contributed by atoms with E-state index in [0.29, 0.717) is 6.54 Å². The van der Waals surface area contributed by atoms with Gasteiger partial charge < -0.3 is 10.2 Å². The smallest absolute Gasteiger partial charge is 0.321 e. The summed E-state index contributed by atoms with van der Waals surface area (Å²) in [5.41, 5.74) is 1.99. The van der Waals surface area contributed by atoms with Crippen LogP contribution in [0.1, 0.15) is 24.4 Å². The van der Waals surface area contributed by atoms with Crippen molar-refractivity contribution < 1.29 is 4.79 Å². The number of amides is 2. The van der Waals surface area contributed by atoms with E-state index in [2.05, 4.69) is 15.4 Å². The van der Waals surface area contributed by atoms with Gasteiger partial charge in [-0.05, 0) is 37.7 Å². The number of hydrogen-bond donors (Lipinski definition) is 1. The van der Waals surface area contributed by atoms with Crippen LogP contribution in [0.4, 0.5) is 10.5 Å². The number of rotatable bonds is 3. The van der Waals surface area contributed by atoms with Gasteiger partial charge in [0.1, 0.15) is 12.7 Å². The maximum absolute atomic E-state index is 12.7. The Morgan fingerprint density at radius 1 is 1.43 bits per heavy atom. The number of urea groups is 1. The van der Waals surface area contributed by atoms with Crippen LogP contribution in [0.25, 0.3) is 0 Å². The number of carbonyl (C=O) groups is 1. The first-order valence-electron chi connectivity index (χ1n) is 7.72. The fraction of sp³-hybridized carbons (Fsp3) is 0.438. The summed E-state index contributed by atoms with van der Waals surface area (Å²) in [6.07, 6.45) is 7.27. The summed E-state index contributed by atoms with van der Waals surface area (Å²) in [6.45, 7) is 3.46. The summed E-state index contributed by atoms with van der Waals surface area (Å²) in [6, 6.07) is 6.22. The van der Waals surface area contributed by atoms with Gasteiger partial charge in [-0.3, -0.25) is 0 Å². The Morgan fingerprint density at radius 2 is 2.30 bits per heavy atom. The minimum Gasteiger partial charge on any atom is -0.322 e. The Kier molecular flexibility index (Phi) is 4.85. The number of carbonyl (C=O) groups excluding carboxylic acids is 1. The van der Waals surface area contributed by atoms with Crippen LogP contribution in [0.3, 0.4) is 0 Å². The molecule has 1 aliphatic heterocycles. The van der Waals surface area contributed by atoms with Gasteiger partial charge in [-0.15, -0.1) is 11.8 Å². The molecule has 1 atom stereocenters. The number of nitrogens with zero attached hydrogens (tertiary/aromatic N) is 4. The summed E-state index contributed by atoms with van der Waals surface area (Å²) < 4.78 is 1.85. The number of hydrogen-bond acceptors (Lipinski definition) is 4. The van der Waals surface area contributed by atoms with Crippen LogP contribution < -0.4 is 5.32 Å². The van der Waals surface area contributed by atoms with Crippen molar-refractivity contribution in [3.8, 4) is 0 Å². The molecule has 1 aromatic heterocycles. The van der Waals surface area contributed by atoms with E-state index in [0.717, 1.165) is 35.5 Å². The van der Waals surface area contributed by atoms with Gasteiger partial charge in [0.25, 0.3) is 0 Å². The van der Waals surface area contributed by atoms with Crippen LogP contribution in [0.2, 0.25) is 0 Å². The Labute approximate surface area is 140 Å². The topological polar surface area (TPSA) is 63.1 Å². The van der Waals surface area contributed by atoms with E-state index in [1.165, 1.54) is 6.33 Å². The summed E-state index contributed by atoms with van der Waals surface area (Å²) in [5, 5.41) is 7.29. The second-order valence-corrected chi connectivity index (χ2v) is 6.55. The van der Waals surface area contributed by atoms with Gasteiger partial charge in [-0.25, -0.2) is 14.5 Å². The first-order valence-corrected chi connectivity index (χ1v) is 8.95. The lowest BCUT2D eigenvalue weighted by atomic mass is 10.1. The third kappa shape index (κ3) is 3.50. The van der Waals surface area contributed by atoms with E-state index in [4.69, 9.17) is 0 Å². The zero-order valence-electron chi connectivity index (χ0n) is 13.4. The number of aryl methyl sites for hydroxylation is 1. The summed E-state index contributed by atoms with van der Waals surface area (Å²) in [7, 11) is 0. The van der Waals surface area contributed by atoms with Crippen molar-refractivity contribution in [2.75, 3.05) is 24.7 Å². The monoisotopic (exact) mass is 331 g/mol. The van der Waals surface area contributed by atoms with Crippen LogP contribution in [0, 0.1) is 6.92 Å². The van der Waals surface area contributed by atoms with E-state index in [9.17, 15) is 4.79 Å². The maximum Gasteiger partial charge on any atom is 0.321 e. The van der Waals surface area contributed by atoms with Crippen molar-refractivity contribution in [1.82, 2.24) is 19.7 Å². The minimum absolute atomic E-state index is 0.0422. The lowest BCUT2D eigenvalue weighted by Gasteiger charge is -2.32. The summed E-state index contributed by atoms with van der Waals surface area (Å²) in [4.78, 5) is 19.6. The Balaban J connectivity index is 1.71. The summed E-state index contributed by atoms with van der Waals surface area (Å²) in [5.74, 6) is 0. The first-order chi connectivity index (χ1) is 11.2. The molecular weight excluding hydrogens is 310 g/mol. The highest BCUT2D eigenvalue weighted by molar-refractivity contribution is 7.98. The highest BCUT2D eigenvalue weighted by Crippen LogP contribution is 2.29. The van der Waals surface area contributed by atoms with E-state index in [1.807, 2.05) is 41.0 Å². The molecule has 1 aliphatic rings. The van der Waals surface area contributed by atoms with Crippen LogP contribution in [0.15, 0.2) is 35.7 Å². The molecule has 0 spiro atoms. The third-order valence-corrected chi connectivity index (χ3v) is 4.96. The normalized spacial score (nSPS) is 18.0. The number of likely N-dealkylation sites (tertiary alicyclic amines) is 1. The molecule has 1 unspecified atom stereocenters. The quantitative estimate of drug-likeness (QED) is 0.878. The van der Waals surface area contributed by atoms with Crippen LogP contribution >= 0.6 is 11.8 Å². The minimum atomic E-state index is -0.0422. The molecule has 23 heavy (non-hydrogen) atoms. The van der Waals surface area contributed by atoms with Gasteiger partial charge in [-0.2, -0.15) is 5.10 Å². The molecule has 0 bridgehead atoms. The molecule has 1 aromatic carbocycles. The van der Waals surface area contributed by atoms with Crippen molar-refractivity contribution in [3.63, 3.8) is 0 Å². The predicted molar refractivity (Wildman–Crippen MR) is 91.8 cm³/mol. The molecule has 122 valence electrons. The fourth-order valence-corrected chi connectivity index (χ4v) is 3.55. The van der Waals surface area contributed by atoms with Crippen molar-refractivity contribution in [2.24, 2.45) is 0 Å². The van der Waals surface area contributed by atoms with Crippen LogP contribution in [-0.2, 0) is 0 Å². The highest BCUT2D eigenvalue weighted by Gasteiger charge is 2.25. The molecule has 2 aromatic rings. The average Bonchev–Trinajstić information content (AvgIpc) is 3.11. The number of thioether (sulfide) groups is 1. The molecule has 3 rings (SSSR count). The van der Waals surface area contributed by atoms with Gasteiger partial charge in [-0.1, -0.05) is 12.1 Å². The number of anilines is 1. The molecule has 0 radical (unpaired) electrons. The van der Waals surface area contributed by atoms with E-state index >= 15 is 0 Å². The molecule has 2 heterocycles. The van der Waals surface area contributed by atoms with Gasteiger partial charge in [0.15, 0.2) is 0 Å². The molecule has 0 saturated carbocycles. The zero-order chi connectivity index (χ0) is 16.2. The molecule has 1 fully saturated rings. The van der Waals surface area contributed by atoms with Crippen molar-refractivity contribution in [3.05, 3.63) is 36.4 Å². The largest absolute Gasteiger partial charge is 0.322 e. The maximum atomic E-state index is 12.7. The Bertz CT molecular complexity index is 673. The van der Waals surface area contributed by atoms with Crippen molar-refractivity contribution in [1.29, 1.82) is 0 Å². The number of para-hydroxylation sites is 1. The Hall–Kier alpha value is -2.02. The second-order valence-electron chi connectivity index (χ2n) is 5.70. The van der Waals surface area contributed by atoms with Gasteiger partial charge in [0.2, 0.25) is 0 Å². The van der Waals surface area contributed by atoms with Crippen LogP contribution in [0.5, 0.6) is 0 Å². The lowest BCUT2D eigenvalue weighted by molar-refractivity contribution is 0.174. The Morgan fingerprint density at radius 3 is 3.04 bits per heavy atom. The highest BCUT2D eigenvalue weighted by atomic mass is 32.2. The van der Waals surface area contributed by atoms with Crippen LogP contribution in [-0.4, -0.2) is 45.0 Å². The molecule has 1 saturated heterocycles. The second kappa shape index (κ2) is 7.04. The van der Waals surface area contributed by atoms with Gasteiger partial charge >= 0.3 is 6.03 Å². The first kappa shape index (κ1) is 15.9. The number of piperidine rings is 1. The number of nitrogens with one attached hydrogen (secondary N) is 1. The third-order valence-electron chi connectivity index (χ3n) is 4.18. The van der Waals surface area contributed by atoms with E-state index in [-0.39, 0.29) is 12.1 Å². The average molecular weight is 331 g/mol. The van der Waals surface area contributed by atoms with Crippen molar-refractivity contribution in [2.45, 2.75) is 30.7 Å². The molecule has 6 nitrogen and oxygen atoms in total. The predicted octanol–water partition coefficient (Wildman–Crippen LogP) is 3.18. The standard InChI is InChI=1S/C16H21N5OS/c1-12-5-3-7-14(23-2)15(12)19-16(22)20-8-4-6-13(9-20)21-11-17-10-18-21/h3,5,7,10-11,13H,4,6,8-9H2,1-2H3,(H,19,22). The van der Waals surface area contributed by atoms with E-state index in [1.54, 1.807) is 18.1 Å². The number of benzene rings is 1. The molecule has 0 aliphatic carbocycles. The van der Waals surface area contributed by atoms with Gasteiger partial charge in [0.05, 0.1) is 11.7 Å². The molecular formula is C16H21N5OS. The number of aromatic nitrogens is 3. The molecule has 2 amide bonds. The zero-order valence-corrected chi connectivity index (χ0v) is 14.2. The lowest BCUT2D eigenvalue weighted by Crippen LogP contribution is -2.43. The summed E-state index contributed by atoms with van der Waals surface area (Å²) >= 11 is 1.64.